The van der Waals surface area contributed by atoms with Crippen LogP contribution in [0.5, 0.6) is 11.5 Å². The van der Waals surface area contributed by atoms with Crippen LogP contribution in [0.1, 0.15) is 43.7 Å². The molecule has 0 saturated heterocycles. The van der Waals surface area contributed by atoms with Gasteiger partial charge in [0.2, 0.25) is 0 Å². The summed E-state index contributed by atoms with van der Waals surface area (Å²) in [5.74, 6) is 1.20. The van der Waals surface area contributed by atoms with E-state index in [0.717, 1.165) is 18.4 Å². The Morgan fingerprint density at radius 1 is 1.28 bits per heavy atom. The van der Waals surface area contributed by atoms with E-state index in [1.165, 1.54) is 19.3 Å². The summed E-state index contributed by atoms with van der Waals surface area (Å²) in [5, 5.41) is 10.1. The Kier molecular flexibility index (Phi) is 5.76. The van der Waals surface area contributed by atoms with Crippen molar-refractivity contribution in [3.8, 4) is 11.5 Å². The highest BCUT2D eigenvalue weighted by Crippen LogP contribution is 2.39. The first kappa shape index (κ1) is 15.1. The molecule has 1 aliphatic carbocycles. The minimum atomic E-state index is -0.0783. The molecule has 102 valence electrons. The van der Waals surface area contributed by atoms with Crippen molar-refractivity contribution < 1.29 is 9.84 Å². The monoisotopic (exact) mass is 271 g/mol. The van der Waals surface area contributed by atoms with Crippen molar-refractivity contribution in [2.75, 3.05) is 7.11 Å². The Balaban J connectivity index is 0.00000162. The molecule has 0 radical (unpaired) electrons. The van der Waals surface area contributed by atoms with Gasteiger partial charge >= 0.3 is 0 Å². The van der Waals surface area contributed by atoms with Crippen LogP contribution in [0.3, 0.4) is 0 Å². The SMILES string of the molecule is COc1cccc([C@@H](N)C2CCCCC2)c1O.Cl. The lowest BCUT2D eigenvalue weighted by molar-refractivity contribution is 0.299. The van der Waals surface area contributed by atoms with E-state index >= 15 is 0 Å². The molecule has 0 bridgehead atoms. The van der Waals surface area contributed by atoms with E-state index in [4.69, 9.17) is 10.5 Å². The smallest absolute Gasteiger partial charge is 0.162 e. The standard InChI is InChI=1S/C14H21NO2.ClH/c1-17-12-9-5-8-11(14(12)16)13(15)10-6-3-2-4-7-10;/h5,8-10,13,16H,2-4,6-7,15H2,1H3;1H/t13-;/m0./s1. The third-order valence-electron chi connectivity index (χ3n) is 3.77. The molecule has 3 N–H and O–H groups in total. The van der Waals surface area contributed by atoms with E-state index in [2.05, 4.69) is 0 Å². The Morgan fingerprint density at radius 3 is 2.56 bits per heavy atom. The minimum Gasteiger partial charge on any atom is -0.504 e. The minimum absolute atomic E-state index is 0. The summed E-state index contributed by atoms with van der Waals surface area (Å²) in [6.07, 6.45) is 6.15. The number of ether oxygens (including phenoxy) is 1. The maximum atomic E-state index is 10.1. The van der Waals surface area contributed by atoms with Gasteiger partial charge in [0.05, 0.1) is 7.11 Å². The average Bonchev–Trinajstić information content (AvgIpc) is 2.39. The largest absolute Gasteiger partial charge is 0.504 e. The molecule has 0 heterocycles. The Morgan fingerprint density at radius 2 is 1.94 bits per heavy atom. The zero-order valence-electron chi connectivity index (χ0n) is 10.8. The van der Waals surface area contributed by atoms with Gasteiger partial charge in [-0.15, -0.1) is 12.4 Å². The first-order chi connectivity index (χ1) is 8.24. The Bertz CT molecular complexity index is 378. The van der Waals surface area contributed by atoms with Crippen LogP contribution in [-0.2, 0) is 0 Å². The molecule has 1 aliphatic rings. The molecule has 0 unspecified atom stereocenters. The first-order valence-corrected chi connectivity index (χ1v) is 6.35. The fraction of sp³-hybridized carbons (Fsp3) is 0.571. The molecular weight excluding hydrogens is 250 g/mol. The molecule has 1 aromatic rings. The fourth-order valence-electron chi connectivity index (χ4n) is 2.72. The van der Waals surface area contributed by atoms with E-state index in [-0.39, 0.29) is 24.2 Å². The van der Waals surface area contributed by atoms with Crippen molar-refractivity contribution in [3.63, 3.8) is 0 Å². The van der Waals surface area contributed by atoms with Crippen molar-refractivity contribution in [3.05, 3.63) is 23.8 Å². The van der Waals surface area contributed by atoms with Gasteiger partial charge in [0, 0.05) is 11.6 Å². The third-order valence-corrected chi connectivity index (χ3v) is 3.77. The number of phenolic OH excluding ortho intramolecular Hbond substituents is 1. The molecule has 0 amide bonds. The molecule has 1 aromatic carbocycles. The second-order valence-corrected chi connectivity index (χ2v) is 4.82. The molecule has 1 fully saturated rings. The topological polar surface area (TPSA) is 55.5 Å². The van der Waals surface area contributed by atoms with E-state index in [1.54, 1.807) is 13.2 Å². The van der Waals surface area contributed by atoms with Gasteiger partial charge in [-0.1, -0.05) is 31.4 Å². The first-order valence-electron chi connectivity index (χ1n) is 6.35. The lowest BCUT2D eigenvalue weighted by atomic mass is 9.81. The number of halogens is 1. The van der Waals surface area contributed by atoms with Crippen molar-refractivity contribution in [1.29, 1.82) is 0 Å². The van der Waals surface area contributed by atoms with Crippen molar-refractivity contribution in [2.24, 2.45) is 11.7 Å². The van der Waals surface area contributed by atoms with Gasteiger partial charge in [-0.3, -0.25) is 0 Å². The van der Waals surface area contributed by atoms with E-state index < -0.39 is 0 Å². The summed E-state index contributed by atoms with van der Waals surface area (Å²) in [5.41, 5.74) is 7.09. The van der Waals surface area contributed by atoms with Crippen LogP contribution in [0.25, 0.3) is 0 Å². The molecule has 0 aliphatic heterocycles. The number of benzene rings is 1. The molecule has 0 spiro atoms. The lowest BCUT2D eigenvalue weighted by Crippen LogP contribution is -2.23. The molecular formula is C14H22ClNO2. The van der Waals surface area contributed by atoms with Crippen molar-refractivity contribution >= 4 is 12.4 Å². The molecule has 0 aromatic heterocycles. The average molecular weight is 272 g/mol. The second-order valence-electron chi connectivity index (χ2n) is 4.82. The number of phenols is 1. The van der Waals surface area contributed by atoms with Crippen LogP contribution in [0.2, 0.25) is 0 Å². The maximum absolute atomic E-state index is 10.1. The molecule has 4 heteroatoms. The van der Waals surface area contributed by atoms with Gasteiger partial charge in [-0.25, -0.2) is 0 Å². The van der Waals surface area contributed by atoms with Crippen LogP contribution in [0.15, 0.2) is 18.2 Å². The zero-order valence-corrected chi connectivity index (χ0v) is 11.6. The molecule has 2 rings (SSSR count). The number of hydrogen-bond donors (Lipinski definition) is 2. The molecule has 18 heavy (non-hydrogen) atoms. The maximum Gasteiger partial charge on any atom is 0.162 e. The second kappa shape index (κ2) is 6.86. The summed E-state index contributed by atoms with van der Waals surface area (Å²) in [6, 6.07) is 5.46. The number of rotatable bonds is 3. The van der Waals surface area contributed by atoms with Crippen LogP contribution in [0.4, 0.5) is 0 Å². The lowest BCUT2D eigenvalue weighted by Gasteiger charge is -2.28. The van der Waals surface area contributed by atoms with Crippen LogP contribution >= 0.6 is 12.4 Å². The number of methoxy groups -OCH3 is 1. The predicted molar refractivity (Wildman–Crippen MR) is 75.4 cm³/mol. The summed E-state index contributed by atoms with van der Waals surface area (Å²) < 4.78 is 5.12. The van der Waals surface area contributed by atoms with Crippen LogP contribution < -0.4 is 10.5 Å². The van der Waals surface area contributed by atoms with Crippen LogP contribution in [0, 0.1) is 5.92 Å². The summed E-state index contributed by atoms with van der Waals surface area (Å²) in [7, 11) is 1.56. The summed E-state index contributed by atoms with van der Waals surface area (Å²) in [4.78, 5) is 0. The van der Waals surface area contributed by atoms with Crippen LogP contribution in [-0.4, -0.2) is 12.2 Å². The van der Waals surface area contributed by atoms with Gasteiger partial charge in [0.25, 0.3) is 0 Å². The van der Waals surface area contributed by atoms with Crippen molar-refractivity contribution in [1.82, 2.24) is 0 Å². The summed E-state index contributed by atoms with van der Waals surface area (Å²) >= 11 is 0. The summed E-state index contributed by atoms with van der Waals surface area (Å²) in [6.45, 7) is 0. The van der Waals surface area contributed by atoms with E-state index in [1.807, 2.05) is 12.1 Å². The number of para-hydroxylation sites is 1. The normalized spacial score (nSPS) is 17.9. The van der Waals surface area contributed by atoms with Gasteiger partial charge in [-0.2, -0.15) is 0 Å². The highest BCUT2D eigenvalue weighted by Gasteiger charge is 2.24. The Labute approximate surface area is 115 Å². The fourth-order valence-corrected chi connectivity index (χ4v) is 2.72. The molecule has 1 saturated carbocycles. The zero-order chi connectivity index (χ0) is 12.3. The van der Waals surface area contributed by atoms with Gasteiger partial charge in [-0.05, 0) is 24.8 Å². The van der Waals surface area contributed by atoms with E-state index in [9.17, 15) is 5.11 Å². The molecule has 1 atom stereocenters. The van der Waals surface area contributed by atoms with Gasteiger partial charge < -0.3 is 15.6 Å². The number of nitrogens with two attached hydrogens (primary N) is 1. The van der Waals surface area contributed by atoms with Gasteiger partial charge in [0.1, 0.15) is 0 Å². The predicted octanol–water partition coefficient (Wildman–Crippen LogP) is 3.40. The van der Waals surface area contributed by atoms with E-state index in [0.29, 0.717) is 11.7 Å². The highest BCUT2D eigenvalue weighted by molar-refractivity contribution is 5.85. The van der Waals surface area contributed by atoms with Gasteiger partial charge in [0.15, 0.2) is 11.5 Å². The quantitative estimate of drug-likeness (QED) is 0.886. The third kappa shape index (κ3) is 3.09. The number of aromatic hydroxyl groups is 1. The number of hydrogen-bond acceptors (Lipinski definition) is 3. The molecule has 3 nitrogen and oxygen atoms in total. The van der Waals surface area contributed by atoms with Crippen molar-refractivity contribution in [2.45, 2.75) is 38.1 Å². The Hall–Kier alpha value is -0.930. The highest BCUT2D eigenvalue weighted by atomic mass is 35.5.